The van der Waals surface area contributed by atoms with E-state index in [0.29, 0.717) is 19.1 Å². The Hall–Kier alpha value is -1.17. The van der Waals surface area contributed by atoms with Gasteiger partial charge in [0.25, 0.3) is 0 Å². The van der Waals surface area contributed by atoms with Crippen molar-refractivity contribution >= 4 is 26.8 Å². The number of hydrogen-bond acceptors (Lipinski definition) is 4. The standard InChI is InChI=1S/C13H12BrNO3/c1-16-12-10(13-17-4-5-18-13)6-8-2-3-9(14)7-11(8)15-12/h2-3,6-7,13H,4-5H2,1H3. The zero-order valence-electron chi connectivity index (χ0n) is 9.85. The Balaban J connectivity index is 2.14. The topological polar surface area (TPSA) is 40.6 Å². The summed E-state index contributed by atoms with van der Waals surface area (Å²) in [5.41, 5.74) is 1.72. The molecule has 1 aromatic carbocycles. The molecule has 18 heavy (non-hydrogen) atoms. The molecule has 0 spiro atoms. The van der Waals surface area contributed by atoms with E-state index in [4.69, 9.17) is 14.2 Å². The number of rotatable bonds is 2. The number of methoxy groups -OCH3 is 1. The lowest BCUT2D eigenvalue weighted by Crippen LogP contribution is -2.03. The molecule has 0 bridgehead atoms. The predicted octanol–water partition coefficient (Wildman–Crippen LogP) is 3.05. The monoisotopic (exact) mass is 309 g/mol. The summed E-state index contributed by atoms with van der Waals surface area (Å²) < 4.78 is 17.3. The number of pyridine rings is 1. The molecular formula is C13H12BrNO3. The van der Waals surface area contributed by atoms with Crippen molar-refractivity contribution in [3.63, 3.8) is 0 Å². The van der Waals surface area contributed by atoms with Crippen LogP contribution in [-0.2, 0) is 9.47 Å². The molecule has 94 valence electrons. The van der Waals surface area contributed by atoms with Gasteiger partial charge < -0.3 is 14.2 Å². The fourth-order valence-electron chi connectivity index (χ4n) is 2.01. The second kappa shape index (κ2) is 4.84. The van der Waals surface area contributed by atoms with Gasteiger partial charge in [-0.25, -0.2) is 4.98 Å². The van der Waals surface area contributed by atoms with Gasteiger partial charge in [-0.2, -0.15) is 0 Å². The van der Waals surface area contributed by atoms with Crippen LogP contribution in [0.4, 0.5) is 0 Å². The largest absolute Gasteiger partial charge is 0.481 e. The third kappa shape index (κ3) is 2.09. The Labute approximate surface area is 113 Å². The molecular weight excluding hydrogens is 298 g/mol. The molecule has 1 aliphatic rings. The van der Waals surface area contributed by atoms with Gasteiger partial charge in [-0.05, 0) is 18.2 Å². The molecule has 0 radical (unpaired) electrons. The number of ether oxygens (including phenoxy) is 3. The van der Waals surface area contributed by atoms with Gasteiger partial charge in [-0.15, -0.1) is 0 Å². The van der Waals surface area contributed by atoms with Crippen LogP contribution in [0.1, 0.15) is 11.9 Å². The summed E-state index contributed by atoms with van der Waals surface area (Å²) in [4.78, 5) is 4.49. The summed E-state index contributed by atoms with van der Waals surface area (Å²) in [6.07, 6.45) is -0.375. The molecule has 1 fully saturated rings. The minimum Gasteiger partial charge on any atom is -0.481 e. The predicted molar refractivity (Wildman–Crippen MR) is 70.6 cm³/mol. The molecule has 0 unspecified atom stereocenters. The lowest BCUT2D eigenvalue weighted by molar-refractivity contribution is -0.0457. The smallest absolute Gasteiger partial charge is 0.222 e. The molecule has 2 heterocycles. The van der Waals surface area contributed by atoms with E-state index < -0.39 is 0 Å². The highest BCUT2D eigenvalue weighted by molar-refractivity contribution is 9.10. The van der Waals surface area contributed by atoms with E-state index in [1.807, 2.05) is 24.3 Å². The highest BCUT2D eigenvalue weighted by atomic mass is 79.9. The van der Waals surface area contributed by atoms with Crippen molar-refractivity contribution in [2.45, 2.75) is 6.29 Å². The Bertz CT molecular complexity index is 582. The highest BCUT2D eigenvalue weighted by Gasteiger charge is 2.23. The first-order valence-corrected chi connectivity index (χ1v) is 6.44. The van der Waals surface area contributed by atoms with Crippen LogP contribution >= 0.6 is 15.9 Å². The van der Waals surface area contributed by atoms with Gasteiger partial charge in [0.2, 0.25) is 5.88 Å². The lowest BCUT2D eigenvalue weighted by Gasteiger charge is -2.14. The Kier molecular flexibility index (Phi) is 3.20. The van der Waals surface area contributed by atoms with Crippen LogP contribution < -0.4 is 4.74 Å². The molecule has 1 aromatic heterocycles. The van der Waals surface area contributed by atoms with Crippen molar-refractivity contribution in [2.75, 3.05) is 20.3 Å². The number of nitrogens with zero attached hydrogens (tertiary/aromatic N) is 1. The quantitative estimate of drug-likeness (QED) is 0.855. The molecule has 2 aromatic rings. The number of halogens is 1. The summed E-state index contributed by atoms with van der Waals surface area (Å²) in [7, 11) is 1.60. The second-order valence-corrected chi connectivity index (χ2v) is 4.91. The summed E-state index contributed by atoms with van der Waals surface area (Å²) in [6.45, 7) is 1.21. The molecule has 1 saturated heterocycles. The van der Waals surface area contributed by atoms with Crippen molar-refractivity contribution in [3.05, 3.63) is 34.3 Å². The summed E-state index contributed by atoms with van der Waals surface area (Å²) >= 11 is 3.43. The average Bonchev–Trinajstić information content (AvgIpc) is 2.90. The zero-order chi connectivity index (χ0) is 12.5. The van der Waals surface area contributed by atoms with Crippen LogP contribution in [0.15, 0.2) is 28.7 Å². The van der Waals surface area contributed by atoms with E-state index in [9.17, 15) is 0 Å². The molecule has 5 heteroatoms. The maximum atomic E-state index is 5.50. The highest BCUT2D eigenvalue weighted by Crippen LogP contribution is 2.33. The van der Waals surface area contributed by atoms with E-state index in [1.54, 1.807) is 7.11 Å². The van der Waals surface area contributed by atoms with Gasteiger partial charge in [0, 0.05) is 9.86 Å². The summed E-state index contributed by atoms with van der Waals surface area (Å²) in [6, 6.07) is 7.95. The Morgan fingerprint density at radius 3 is 2.78 bits per heavy atom. The molecule has 0 saturated carbocycles. The van der Waals surface area contributed by atoms with Gasteiger partial charge >= 0.3 is 0 Å². The van der Waals surface area contributed by atoms with Crippen molar-refractivity contribution in [3.8, 4) is 5.88 Å². The van der Waals surface area contributed by atoms with E-state index in [-0.39, 0.29) is 6.29 Å². The number of aromatic nitrogens is 1. The van der Waals surface area contributed by atoms with Gasteiger partial charge in [0.15, 0.2) is 6.29 Å². The molecule has 0 aliphatic carbocycles. The van der Waals surface area contributed by atoms with E-state index in [0.717, 1.165) is 20.9 Å². The minimum atomic E-state index is -0.375. The maximum Gasteiger partial charge on any atom is 0.222 e. The van der Waals surface area contributed by atoms with Crippen LogP contribution in [0.5, 0.6) is 5.88 Å². The molecule has 0 atom stereocenters. The molecule has 4 nitrogen and oxygen atoms in total. The third-order valence-electron chi connectivity index (χ3n) is 2.84. The van der Waals surface area contributed by atoms with Crippen LogP contribution in [0, 0.1) is 0 Å². The van der Waals surface area contributed by atoms with Gasteiger partial charge in [0.05, 0.1) is 31.4 Å². The zero-order valence-corrected chi connectivity index (χ0v) is 11.4. The van der Waals surface area contributed by atoms with Crippen LogP contribution in [0.2, 0.25) is 0 Å². The summed E-state index contributed by atoms with van der Waals surface area (Å²) in [5.74, 6) is 0.549. The first-order chi connectivity index (χ1) is 8.78. The van der Waals surface area contributed by atoms with Crippen molar-refractivity contribution in [1.29, 1.82) is 0 Å². The molecule has 1 aliphatic heterocycles. The molecule has 0 N–H and O–H groups in total. The SMILES string of the molecule is COc1nc2cc(Br)ccc2cc1C1OCCO1. The first-order valence-electron chi connectivity index (χ1n) is 5.65. The van der Waals surface area contributed by atoms with Crippen LogP contribution in [0.25, 0.3) is 10.9 Å². The third-order valence-corrected chi connectivity index (χ3v) is 3.33. The Morgan fingerprint density at radius 2 is 2.06 bits per heavy atom. The van der Waals surface area contributed by atoms with Crippen LogP contribution in [0.3, 0.4) is 0 Å². The summed E-state index contributed by atoms with van der Waals surface area (Å²) in [5, 5.41) is 1.04. The average molecular weight is 310 g/mol. The van der Waals surface area contributed by atoms with Gasteiger partial charge in [-0.1, -0.05) is 22.0 Å². The van der Waals surface area contributed by atoms with Crippen molar-refractivity contribution in [1.82, 2.24) is 4.98 Å². The van der Waals surface area contributed by atoms with E-state index in [2.05, 4.69) is 20.9 Å². The van der Waals surface area contributed by atoms with Gasteiger partial charge in [-0.3, -0.25) is 0 Å². The second-order valence-electron chi connectivity index (χ2n) is 4.00. The van der Waals surface area contributed by atoms with E-state index in [1.165, 1.54) is 0 Å². The minimum absolute atomic E-state index is 0.375. The first kappa shape index (κ1) is 11.9. The number of hydrogen-bond donors (Lipinski definition) is 0. The molecule has 3 rings (SSSR count). The molecule has 0 amide bonds. The van der Waals surface area contributed by atoms with Gasteiger partial charge in [0.1, 0.15) is 0 Å². The maximum absolute atomic E-state index is 5.50. The van der Waals surface area contributed by atoms with Crippen molar-refractivity contribution in [2.24, 2.45) is 0 Å². The number of fused-ring (bicyclic) bond motifs is 1. The van der Waals surface area contributed by atoms with Crippen molar-refractivity contribution < 1.29 is 14.2 Å². The fraction of sp³-hybridized carbons (Fsp3) is 0.308. The normalized spacial score (nSPS) is 16.3. The fourth-order valence-corrected chi connectivity index (χ4v) is 2.36. The lowest BCUT2D eigenvalue weighted by atomic mass is 10.1. The van der Waals surface area contributed by atoms with E-state index >= 15 is 0 Å². The number of benzene rings is 1. The Morgan fingerprint density at radius 1 is 1.28 bits per heavy atom. The van der Waals surface area contributed by atoms with Crippen LogP contribution in [-0.4, -0.2) is 25.3 Å².